The number of carboxylic acid groups (broad SMARTS) is 1. The molecule has 0 radical (unpaired) electrons. The topological polar surface area (TPSA) is 82.5 Å². The number of hydrogen-bond donors (Lipinski definition) is 2. The number of unbranched alkanes of at least 4 members (excludes halogenated alkanes) is 2. The van der Waals surface area contributed by atoms with Gasteiger partial charge < -0.3 is 15.3 Å². The molecule has 1 saturated heterocycles. The highest BCUT2D eigenvalue weighted by Crippen LogP contribution is 2.38. The molecule has 2 aromatic rings. The number of carbonyl (C=O) groups is 2. The first-order valence-electron chi connectivity index (χ1n) is 12.2. The molecule has 1 aromatic carbocycles. The average molecular weight is 482 g/mol. The molecular formula is C27H32ClN3O3. The van der Waals surface area contributed by atoms with Gasteiger partial charge in [-0.1, -0.05) is 35.7 Å². The molecule has 0 unspecified atom stereocenters. The lowest BCUT2D eigenvalue weighted by molar-refractivity contribution is -0.137. The summed E-state index contributed by atoms with van der Waals surface area (Å²) in [6, 6.07) is 10.3. The largest absolute Gasteiger partial charge is 0.481 e. The number of pyridine rings is 1. The van der Waals surface area contributed by atoms with Gasteiger partial charge >= 0.3 is 5.97 Å². The summed E-state index contributed by atoms with van der Waals surface area (Å²) in [6.45, 7) is 2.49. The molecule has 2 heterocycles. The Hall–Kier alpha value is -2.70. The average Bonchev–Trinajstić information content (AvgIpc) is 3.00. The number of aliphatic carboxylic acids is 1. The van der Waals surface area contributed by atoms with E-state index in [4.69, 9.17) is 21.7 Å². The minimum atomic E-state index is -0.752. The molecule has 1 aromatic heterocycles. The monoisotopic (exact) mass is 481 g/mol. The van der Waals surface area contributed by atoms with Crippen molar-refractivity contribution in [3.63, 3.8) is 0 Å². The molecular weight excluding hydrogens is 450 g/mol. The molecule has 4 rings (SSSR count). The van der Waals surface area contributed by atoms with E-state index in [0.717, 1.165) is 55.8 Å². The number of benzene rings is 1. The molecule has 1 fully saturated rings. The van der Waals surface area contributed by atoms with E-state index >= 15 is 0 Å². The second kappa shape index (κ2) is 11.6. The van der Waals surface area contributed by atoms with Crippen LogP contribution in [-0.2, 0) is 22.4 Å². The number of amides is 1. The smallest absolute Gasteiger partial charge is 0.303 e. The zero-order valence-electron chi connectivity index (χ0n) is 19.5. The van der Waals surface area contributed by atoms with Gasteiger partial charge in [-0.15, -0.1) is 0 Å². The van der Waals surface area contributed by atoms with Crippen LogP contribution in [0, 0.1) is 0 Å². The fourth-order valence-corrected chi connectivity index (χ4v) is 5.11. The van der Waals surface area contributed by atoms with Gasteiger partial charge in [0.25, 0.3) is 0 Å². The number of nitrogens with one attached hydrogen (secondary N) is 1. The van der Waals surface area contributed by atoms with Gasteiger partial charge in [0.1, 0.15) is 0 Å². The standard InChI is InChI=1S/C27H32ClN3O3/c28-22-9-10-23-21(17-22)8-7-20-5-4-14-30-27(20)26(23)19-11-15-31(16-12-19)24(32)18-29-13-3-1-2-6-25(33)34/h4-5,9-10,14,17,29H,1-3,6-8,11-13,15-16,18H2,(H,33,34). The van der Waals surface area contributed by atoms with Crippen LogP contribution in [0.15, 0.2) is 42.1 Å². The summed E-state index contributed by atoms with van der Waals surface area (Å²) in [5.41, 5.74) is 7.42. The maximum absolute atomic E-state index is 12.7. The first-order valence-corrected chi connectivity index (χ1v) is 12.6. The van der Waals surface area contributed by atoms with Crippen molar-refractivity contribution in [1.29, 1.82) is 0 Å². The molecule has 0 spiro atoms. The van der Waals surface area contributed by atoms with Crippen molar-refractivity contribution in [3.05, 3.63) is 69.5 Å². The normalized spacial score (nSPS) is 15.5. The van der Waals surface area contributed by atoms with Crippen molar-refractivity contribution in [2.24, 2.45) is 0 Å². The summed E-state index contributed by atoms with van der Waals surface area (Å²) < 4.78 is 0. The number of aromatic nitrogens is 1. The summed E-state index contributed by atoms with van der Waals surface area (Å²) in [5, 5.41) is 12.7. The van der Waals surface area contributed by atoms with Crippen molar-refractivity contribution >= 4 is 29.1 Å². The van der Waals surface area contributed by atoms with Crippen LogP contribution in [0.5, 0.6) is 0 Å². The number of rotatable bonds is 8. The lowest BCUT2D eigenvalue weighted by atomic mass is 9.88. The fraction of sp³-hybridized carbons (Fsp3) is 0.444. The molecule has 34 heavy (non-hydrogen) atoms. The van der Waals surface area contributed by atoms with Crippen molar-refractivity contribution in [2.45, 2.75) is 51.4 Å². The van der Waals surface area contributed by atoms with Crippen LogP contribution in [0.2, 0.25) is 5.02 Å². The number of carbonyl (C=O) groups excluding carboxylic acids is 1. The maximum atomic E-state index is 12.7. The summed E-state index contributed by atoms with van der Waals surface area (Å²) in [6.07, 6.45) is 8.07. The molecule has 1 aliphatic heterocycles. The lowest BCUT2D eigenvalue weighted by Crippen LogP contribution is -2.41. The predicted octanol–water partition coefficient (Wildman–Crippen LogP) is 4.49. The lowest BCUT2D eigenvalue weighted by Gasteiger charge is -2.30. The van der Waals surface area contributed by atoms with Gasteiger partial charge in [-0.25, -0.2) is 0 Å². The molecule has 0 atom stereocenters. The van der Waals surface area contributed by atoms with Crippen LogP contribution < -0.4 is 5.32 Å². The van der Waals surface area contributed by atoms with E-state index in [2.05, 4.69) is 23.5 Å². The Morgan fingerprint density at radius 3 is 2.62 bits per heavy atom. The Balaban J connectivity index is 1.39. The van der Waals surface area contributed by atoms with Crippen molar-refractivity contribution in [3.8, 4) is 0 Å². The van der Waals surface area contributed by atoms with Crippen LogP contribution in [0.25, 0.3) is 5.57 Å². The van der Waals surface area contributed by atoms with E-state index in [1.54, 1.807) is 0 Å². The number of carboxylic acids is 1. The third kappa shape index (κ3) is 6.05. The molecule has 0 bridgehead atoms. The van der Waals surface area contributed by atoms with Crippen molar-refractivity contribution in [1.82, 2.24) is 15.2 Å². The minimum Gasteiger partial charge on any atom is -0.481 e. The summed E-state index contributed by atoms with van der Waals surface area (Å²) in [4.78, 5) is 30.0. The molecule has 7 heteroatoms. The van der Waals surface area contributed by atoms with E-state index in [1.165, 1.54) is 27.8 Å². The highest BCUT2D eigenvalue weighted by molar-refractivity contribution is 6.30. The summed E-state index contributed by atoms with van der Waals surface area (Å²) in [5.74, 6) is -0.626. The van der Waals surface area contributed by atoms with Crippen LogP contribution >= 0.6 is 11.6 Å². The highest BCUT2D eigenvalue weighted by Gasteiger charge is 2.26. The van der Waals surface area contributed by atoms with Gasteiger partial charge in [0.15, 0.2) is 0 Å². The first kappa shape index (κ1) is 24.4. The molecule has 2 aliphatic rings. The number of nitrogens with zero attached hydrogens (tertiary/aromatic N) is 2. The van der Waals surface area contributed by atoms with E-state index < -0.39 is 5.97 Å². The van der Waals surface area contributed by atoms with Gasteiger partial charge in [-0.05, 0) is 80.0 Å². The van der Waals surface area contributed by atoms with Crippen LogP contribution in [-0.4, -0.2) is 53.0 Å². The van der Waals surface area contributed by atoms with Gasteiger partial charge in [0.2, 0.25) is 5.91 Å². The quantitative estimate of drug-likeness (QED) is 0.543. The van der Waals surface area contributed by atoms with Gasteiger partial charge in [-0.2, -0.15) is 0 Å². The SMILES string of the molecule is O=C(O)CCCCCNCC(=O)N1CCC(=C2c3ccc(Cl)cc3CCc3cccnc32)CC1. The Labute approximate surface area is 206 Å². The van der Waals surface area contributed by atoms with E-state index in [9.17, 15) is 9.59 Å². The maximum Gasteiger partial charge on any atom is 0.303 e. The van der Waals surface area contributed by atoms with Crippen molar-refractivity contribution < 1.29 is 14.7 Å². The number of aryl methyl sites for hydroxylation is 2. The second-order valence-corrected chi connectivity index (χ2v) is 9.49. The third-order valence-corrected chi connectivity index (χ3v) is 6.96. The number of hydrogen-bond acceptors (Lipinski definition) is 4. The highest BCUT2D eigenvalue weighted by atomic mass is 35.5. The zero-order valence-corrected chi connectivity index (χ0v) is 20.2. The van der Waals surface area contributed by atoms with Gasteiger partial charge in [0.05, 0.1) is 12.2 Å². The predicted molar refractivity (Wildman–Crippen MR) is 134 cm³/mol. The third-order valence-electron chi connectivity index (χ3n) is 6.72. The van der Waals surface area contributed by atoms with E-state index in [0.29, 0.717) is 26.1 Å². The Bertz CT molecular complexity index is 1070. The van der Waals surface area contributed by atoms with Crippen LogP contribution in [0.3, 0.4) is 0 Å². The Morgan fingerprint density at radius 2 is 1.82 bits per heavy atom. The number of halogens is 1. The van der Waals surface area contributed by atoms with E-state index in [-0.39, 0.29) is 12.3 Å². The number of fused-ring (bicyclic) bond motifs is 2. The van der Waals surface area contributed by atoms with Crippen LogP contribution in [0.4, 0.5) is 0 Å². The Kier molecular flexibility index (Phi) is 8.35. The number of piperidine rings is 1. The Morgan fingerprint density at radius 1 is 1.03 bits per heavy atom. The van der Waals surface area contributed by atoms with Crippen LogP contribution in [0.1, 0.15) is 60.9 Å². The molecule has 1 amide bonds. The molecule has 0 saturated carbocycles. The molecule has 180 valence electrons. The fourth-order valence-electron chi connectivity index (χ4n) is 4.92. The minimum absolute atomic E-state index is 0.126. The first-order chi connectivity index (χ1) is 16.5. The number of likely N-dealkylation sites (tertiary alicyclic amines) is 1. The van der Waals surface area contributed by atoms with Crippen molar-refractivity contribution in [2.75, 3.05) is 26.2 Å². The molecule has 6 nitrogen and oxygen atoms in total. The van der Waals surface area contributed by atoms with Gasteiger partial charge in [0, 0.05) is 36.3 Å². The molecule has 1 aliphatic carbocycles. The molecule has 2 N–H and O–H groups in total. The summed E-state index contributed by atoms with van der Waals surface area (Å²) >= 11 is 6.31. The van der Waals surface area contributed by atoms with E-state index in [1.807, 2.05) is 23.2 Å². The second-order valence-electron chi connectivity index (χ2n) is 9.05. The summed E-state index contributed by atoms with van der Waals surface area (Å²) in [7, 11) is 0. The zero-order chi connectivity index (χ0) is 23.9. The van der Waals surface area contributed by atoms with Gasteiger partial charge in [-0.3, -0.25) is 14.6 Å².